The average Bonchev–Trinajstić information content (AvgIpc) is 2.34. The highest BCUT2D eigenvalue weighted by molar-refractivity contribution is 6.43. The summed E-state index contributed by atoms with van der Waals surface area (Å²) in [6.07, 6.45) is 1.09. The van der Waals surface area contributed by atoms with Gasteiger partial charge in [-0.1, -0.05) is 35.3 Å². The van der Waals surface area contributed by atoms with Gasteiger partial charge in [0.1, 0.15) is 5.82 Å². The summed E-state index contributed by atoms with van der Waals surface area (Å²) < 4.78 is 18.6. The van der Waals surface area contributed by atoms with Crippen LogP contribution in [0.15, 0.2) is 30.5 Å². The van der Waals surface area contributed by atoms with E-state index in [1.54, 1.807) is 18.2 Å². The van der Waals surface area contributed by atoms with Gasteiger partial charge >= 0.3 is 0 Å². The lowest BCUT2D eigenvalue weighted by atomic mass is 10.1. The number of rotatable bonds is 2. The third kappa shape index (κ3) is 2.35. The summed E-state index contributed by atoms with van der Waals surface area (Å²) in [4.78, 5) is 3.76. The van der Waals surface area contributed by atoms with Crippen molar-refractivity contribution in [1.82, 2.24) is 4.98 Å². The molecule has 17 heavy (non-hydrogen) atoms. The Kier molecular flexibility index (Phi) is 3.50. The first-order valence-electron chi connectivity index (χ1n) is 4.77. The van der Waals surface area contributed by atoms with Crippen LogP contribution in [0.1, 0.15) is 0 Å². The third-order valence-corrected chi connectivity index (χ3v) is 3.10. The lowest BCUT2D eigenvalue weighted by molar-refractivity contribution is 0.396. The van der Waals surface area contributed by atoms with Crippen molar-refractivity contribution >= 4 is 23.2 Å². The van der Waals surface area contributed by atoms with Crippen LogP contribution in [0.3, 0.4) is 0 Å². The summed E-state index contributed by atoms with van der Waals surface area (Å²) in [6, 6.07) is 6.51. The summed E-state index contributed by atoms with van der Waals surface area (Å²) in [6.45, 7) is 0. The molecule has 0 saturated carbocycles. The summed E-state index contributed by atoms with van der Waals surface area (Å²) in [5.74, 6) is -0.160. The molecular formula is C12H8Cl2FNO. The largest absolute Gasteiger partial charge is 0.481 e. The smallest absolute Gasteiger partial charge is 0.213 e. The maximum Gasteiger partial charge on any atom is 0.213 e. The molecule has 0 N–H and O–H groups in total. The van der Waals surface area contributed by atoms with Crippen LogP contribution in [0.2, 0.25) is 10.0 Å². The molecule has 0 aliphatic rings. The van der Waals surface area contributed by atoms with Gasteiger partial charge in [0.25, 0.3) is 0 Å². The SMILES string of the molecule is COc1cc(-c2cccc(Cl)c2Cl)c(F)cn1. The van der Waals surface area contributed by atoms with Crippen LogP contribution >= 0.6 is 23.2 Å². The fourth-order valence-corrected chi connectivity index (χ4v) is 1.85. The fraction of sp³-hybridized carbons (Fsp3) is 0.0833. The molecule has 5 heteroatoms. The van der Waals surface area contributed by atoms with E-state index in [0.717, 1.165) is 6.20 Å². The molecule has 2 aromatic rings. The molecule has 0 radical (unpaired) electrons. The van der Waals surface area contributed by atoms with Crippen LogP contribution in [0.25, 0.3) is 11.1 Å². The van der Waals surface area contributed by atoms with E-state index in [9.17, 15) is 4.39 Å². The van der Waals surface area contributed by atoms with Gasteiger partial charge in [-0.15, -0.1) is 0 Å². The highest BCUT2D eigenvalue weighted by Gasteiger charge is 2.12. The number of ether oxygens (including phenoxy) is 1. The van der Waals surface area contributed by atoms with Crippen molar-refractivity contribution in [2.24, 2.45) is 0 Å². The molecule has 0 unspecified atom stereocenters. The molecule has 2 rings (SSSR count). The van der Waals surface area contributed by atoms with Crippen molar-refractivity contribution in [2.45, 2.75) is 0 Å². The zero-order valence-corrected chi connectivity index (χ0v) is 10.4. The van der Waals surface area contributed by atoms with Crippen molar-refractivity contribution in [3.63, 3.8) is 0 Å². The van der Waals surface area contributed by atoms with E-state index < -0.39 is 5.82 Å². The molecule has 1 heterocycles. The normalized spacial score (nSPS) is 10.4. The van der Waals surface area contributed by atoms with E-state index >= 15 is 0 Å². The lowest BCUT2D eigenvalue weighted by Crippen LogP contribution is -1.92. The zero-order valence-electron chi connectivity index (χ0n) is 8.88. The van der Waals surface area contributed by atoms with Gasteiger partial charge in [-0.25, -0.2) is 9.37 Å². The van der Waals surface area contributed by atoms with Crippen molar-refractivity contribution in [3.05, 3.63) is 46.3 Å². The van der Waals surface area contributed by atoms with Crippen molar-refractivity contribution < 1.29 is 9.13 Å². The molecule has 0 saturated heterocycles. The molecule has 2 nitrogen and oxygen atoms in total. The van der Waals surface area contributed by atoms with Gasteiger partial charge in [0.15, 0.2) is 0 Å². The number of nitrogens with zero attached hydrogens (tertiary/aromatic N) is 1. The minimum Gasteiger partial charge on any atom is -0.481 e. The quantitative estimate of drug-likeness (QED) is 0.817. The molecule has 1 aromatic heterocycles. The predicted molar refractivity (Wildman–Crippen MR) is 66.2 cm³/mol. The molecule has 0 spiro atoms. The second-order valence-corrected chi connectivity index (χ2v) is 4.09. The van der Waals surface area contributed by atoms with Crippen molar-refractivity contribution in [3.8, 4) is 17.0 Å². The number of benzene rings is 1. The number of methoxy groups -OCH3 is 1. The topological polar surface area (TPSA) is 22.1 Å². The maximum atomic E-state index is 13.7. The first-order valence-corrected chi connectivity index (χ1v) is 5.53. The number of halogens is 3. The summed E-state index contributed by atoms with van der Waals surface area (Å²) in [5.41, 5.74) is 0.821. The Morgan fingerprint density at radius 3 is 2.71 bits per heavy atom. The minimum atomic E-state index is -0.477. The molecule has 0 amide bonds. The predicted octanol–water partition coefficient (Wildman–Crippen LogP) is 4.20. The average molecular weight is 272 g/mol. The van der Waals surface area contributed by atoms with Gasteiger partial charge in [0.2, 0.25) is 5.88 Å². The molecule has 0 bridgehead atoms. The van der Waals surface area contributed by atoms with E-state index in [2.05, 4.69) is 4.98 Å². The first kappa shape index (κ1) is 12.1. The fourth-order valence-electron chi connectivity index (χ4n) is 1.45. The number of hydrogen-bond acceptors (Lipinski definition) is 2. The molecule has 1 aromatic carbocycles. The van der Waals surface area contributed by atoms with Crippen LogP contribution in [-0.4, -0.2) is 12.1 Å². The molecule has 0 fully saturated rings. The minimum absolute atomic E-state index is 0.307. The second kappa shape index (κ2) is 4.90. The number of pyridine rings is 1. The standard InChI is InChI=1S/C12H8Cl2FNO/c1-17-11-5-8(10(15)6-16-11)7-3-2-4-9(13)12(7)14/h2-6H,1H3. The van der Waals surface area contributed by atoms with Crippen molar-refractivity contribution in [1.29, 1.82) is 0 Å². The van der Waals surface area contributed by atoms with Crippen LogP contribution in [-0.2, 0) is 0 Å². The van der Waals surface area contributed by atoms with Crippen LogP contribution in [0.4, 0.5) is 4.39 Å². The van der Waals surface area contributed by atoms with E-state index in [-0.39, 0.29) is 0 Å². The van der Waals surface area contributed by atoms with Gasteiger partial charge in [-0.2, -0.15) is 0 Å². The van der Waals surface area contributed by atoms with E-state index in [4.69, 9.17) is 27.9 Å². The first-order chi connectivity index (χ1) is 8.13. The molecule has 0 aliphatic carbocycles. The van der Waals surface area contributed by atoms with E-state index in [1.165, 1.54) is 13.2 Å². The highest BCUT2D eigenvalue weighted by Crippen LogP contribution is 2.35. The molecule has 88 valence electrons. The Morgan fingerprint density at radius 2 is 2.00 bits per heavy atom. The molecule has 0 atom stereocenters. The summed E-state index contributed by atoms with van der Waals surface area (Å²) >= 11 is 11.9. The Bertz CT molecular complexity index is 560. The summed E-state index contributed by atoms with van der Waals surface area (Å²) in [5, 5.41) is 0.681. The van der Waals surface area contributed by atoms with Crippen LogP contribution in [0, 0.1) is 5.82 Å². The zero-order chi connectivity index (χ0) is 12.4. The van der Waals surface area contributed by atoms with Gasteiger partial charge in [0.05, 0.1) is 23.4 Å². The Labute approximate surface area is 108 Å². The number of aromatic nitrogens is 1. The maximum absolute atomic E-state index is 13.7. The second-order valence-electron chi connectivity index (χ2n) is 3.31. The Morgan fingerprint density at radius 1 is 1.24 bits per heavy atom. The van der Waals surface area contributed by atoms with Gasteiger partial charge < -0.3 is 4.74 Å². The van der Waals surface area contributed by atoms with Gasteiger partial charge in [0, 0.05) is 17.2 Å². The molecular weight excluding hydrogens is 264 g/mol. The monoisotopic (exact) mass is 271 g/mol. The summed E-state index contributed by atoms with van der Waals surface area (Å²) in [7, 11) is 1.46. The lowest BCUT2D eigenvalue weighted by Gasteiger charge is -2.08. The van der Waals surface area contributed by atoms with E-state index in [1.807, 2.05) is 0 Å². The number of hydrogen-bond donors (Lipinski definition) is 0. The van der Waals surface area contributed by atoms with Crippen molar-refractivity contribution in [2.75, 3.05) is 7.11 Å². The third-order valence-electron chi connectivity index (χ3n) is 2.28. The Hall–Kier alpha value is -1.32. The highest BCUT2D eigenvalue weighted by atomic mass is 35.5. The molecule has 0 aliphatic heterocycles. The Balaban J connectivity index is 2.63. The van der Waals surface area contributed by atoms with Gasteiger partial charge in [-0.3, -0.25) is 0 Å². The van der Waals surface area contributed by atoms with Crippen LogP contribution < -0.4 is 4.74 Å². The van der Waals surface area contributed by atoms with Crippen LogP contribution in [0.5, 0.6) is 5.88 Å². The van der Waals surface area contributed by atoms with Gasteiger partial charge in [-0.05, 0) is 6.07 Å². The van der Waals surface area contributed by atoms with E-state index in [0.29, 0.717) is 27.1 Å².